The number of hydrogen-bond acceptors (Lipinski definition) is 5. The van der Waals surface area contributed by atoms with E-state index < -0.39 is 0 Å². The molecule has 0 aliphatic carbocycles. The molecule has 0 radical (unpaired) electrons. The summed E-state index contributed by atoms with van der Waals surface area (Å²) in [6.45, 7) is 2.12. The van der Waals surface area contributed by atoms with Crippen molar-refractivity contribution in [3.8, 4) is 5.75 Å². The average Bonchev–Trinajstić information content (AvgIpc) is 3.08. The van der Waals surface area contributed by atoms with Crippen molar-refractivity contribution in [2.24, 2.45) is 5.10 Å². The first-order valence-electron chi connectivity index (χ1n) is 8.69. The van der Waals surface area contributed by atoms with Crippen molar-refractivity contribution in [1.29, 1.82) is 0 Å². The molecule has 0 N–H and O–H groups in total. The van der Waals surface area contributed by atoms with Crippen LogP contribution in [0.4, 0.5) is 0 Å². The third kappa shape index (κ3) is 5.34. The summed E-state index contributed by atoms with van der Waals surface area (Å²) in [6.07, 6.45) is 3.63. The fourth-order valence-corrected chi connectivity index (χ4v) is 3.41. The van der Waals surface area contributed by atoms with E-state index in [1.807, 2.05) is 59.4 Å². The molecule has 0 saturated carbocycles. The molecule has 7 heteroatoms. The number of aromatic nitrogens is 3. The first-order chi connectivity index (χ1) is 13.2. The number of ether oxygens (including phenoxy) is 1. The fourth-order valence-electron chi connectivity index (χ4n) is 2.42. The largest absolute Gasteiger partial charge is 0.497 e. The summed E-state index contributed by atoms with van der Waals surface area (Å²) >= 11 is 7.56. The summed E-state index contributed by atoms with van der Waals surface area (Å²) < 4.78 is 7.02. The van der Waals surface area contributed by atoms with Crippen molar-refractivity contribution in [2.75, 3.05) is 7.11 Å². The van der Waals surface area contributed by atoms with Crippen molar-refractivity contribution >= 4 is 29.6 Å². The van der Waals surface area contributed by atoms with E-state index in [-0.39, 0.29) is 0 Å². The Kier molecular flexibility index (Phi) is 6.90. The molecule has 1 heterocycles. The summed E-state index contributed by atoms with van der Waals surface area (Å²) in [5.74, 6) is 2.46. The van der Waals surface area contributed by atoms with Crippen molar-refractivity contribution in [3.63, 3.8) is 0 Å². The Balaban J connectivity index is 1.77. The highest BCUT2D eigenvalue weighted by Gasteiger charge is 2.11. The molecule has 0 aliphatic heterocycles. The van der Waals surface area contributed by atoms with E-state index in [1.165, 1.54) is 5.56 Å². The number of thioether (sulfide) groups is 1. The predicted molar refractivity (Wildman–Crippen MR) is 111 cm³/mol. The van der Waals surface area contributed by atoms with Crippen LogP contribution in [0.5, 0.6) is 5.75 Å². The van der Waals surface area contributed by atoms with E-state index in [9.17, 15) is 0 Å². The Hall–Kier alpha value is -2.31. The van der Waals surface area contributed by atoms with Crippen LogP contribution in [0.2, 0.25) is 5.02 Å². The van der Waals surface area contributed by atoms with Gasteiger partial charge >= 0.3 is 0 Å². The zero-order valence-corrected chi connectivity index (χ0v) is 16.9. The van der Waals surface area contributed by atoms with E-state index in [2.05, 4.69) is 22.2 Å². The molecular formula is C20H21ClN4OS. The standard InChI is InChI=1S/C20H21ClN4OS/c1-3-4-19-23-24-20(27-14-16-5-9-17(21)10-6-16)25(19)22-13-15-7-11-18(26-2)12-8-15/h5-13H,3-4,14H2,1-2H3/b22-13-. The first kappa shape index (κ1) is 19.5. The predicted octanol–water partition coefficient (Wildman–Crippen LogP) is 5.07. The van der Waals surface area contributed by atoms with Gasteiger partial charge in [0.05, 0.1) is 13.3 Å². The zero-order chi connectivity index (χ0) is 19.1. The zero-order valence-electron chi connectivity index (χ0n) is 15.3. The lowest BCUT2D eigenvalue weighted by Crippen LogP contribution is -2.00. The number of nitrogens with zero attached hydrogens (tertiary/aromatic N) is 4. The fraction of sp³-hybridized carbons (Fsp3) is 0.250. The summed E-state index contributed by atoms with van der Waals surface area (Å²) in [5, 5.41) is 14.8. The average molecular weight is 401 g/mol. The van der Waals surface area contributed by atoms with Gasteiger partial charge in [-0.25, -0.2) is 0 Å². The molecule has 27 heavy (non-hydrogen) atoms. The minimum atomic E-state index is 0.737. The highest BCUT2D eigenvalue weighted by Crippen LogP contribution is 2.23. The molecule has 5 nitrogen and oxygen atoms in total. The van der Waals surface area contributed by atoms with Gasteiger partial charge in [-0.2, -0.15) is 9.78 Å². The molecule has 0 unspecified atom stereocenters. The molecule has 0 amide bonds. The molecule has 3 aromatic rings. The van der Waals surface area contributed by atoms with Crippen LogP contribution in [0, 0.1) is 0 Å². The second kappa shape index (κ2) is 9.58. The van der Waals surface area contributed by atoms with E-state index in [1.54, 1.807) is 18.9 Å². The molecule has 0 bridgehead atoms. The lowest BCUT2D eigenvalue weighted by atomic mass is 10.2. The number of aryl methyl sites for hydroxylation is 1. The number of benzene rings is 2. The van der Waals surface area contributed by atoms with Gasteiger partial charge in [0, 0.05) is 17.2 Å². The number of rotatable bonds is 8. The minimum Gasteiger partial charge on any atom is -0.497 e. The maximum absolute atomic E-state index is 5.95. The molecule has 3 rings (SSSR count). The monoisotopic (exact) mass is 400 g/mol. The molecule has 0 atom stereocenters. The molecule has 2 aromatic carbocycles. The van der Waals surface area contributed by atoms with Gasteiger partial charge in [0.1, 0.15) is 5.75 Å². The maximum atomic E-state index is 5.95. The van der Waals surface area contributed by atoms with E-state index >= 15 is 0 Å². The number of halogens is 1. The van der Waals surface area contributed by atoms with Crippen LogP contribution in [0.1, 0.15) is 30.3 Å². The van der Waals surface area contributed by atoms with E-state index in [4.69, 9.17) is 16.3 Å². The van der Waals surface area contributed by atoms with Crippen LogP contribution in [0.15, 0.2) is 58.8 Å². The van der Waals surface area contributed by atoms with Crippen molar-refractivity contribution in [3.05, 3.63) is 70.5 Å². The summed E-state index contributed by atoms with van der Waals surface area (Å²) in [5.41, 5.74) is 2.16. The quantitative estimate of drug-likeness (QED) is 0.391. The topological polar surface area (TPSA) is 52.3 Å². The highest BCUT2D eigenvalue weighted by atomic mass is 35.5. The van der Waals surface area contributed by atoms with Crippen molar-refractivity contribution in [2.45, 2.75) is 30.7 Å². The number of methoxy groups -OCH3 is 1. The van der Waals surface area contributed by atoms with Gasteiger partial charge < -0.3 is 4.74 Å². The Labute approximate surface area is 168 Å². The lowest BCUT2D eigenvalue weighted by molar-refractivity contribution is 0.415. The summed E-state index contributed by atoms with van der Waals surface area (Å²) in [7, 11) is 1.65. The van der Waals surface area contributed by atoms with Crippen molar-refractivity contribution < 1.29 is 4.74 Å². The lowest BCUT2D eigenvalue weighted by Gasteiger charge is -2.04. The van der Waals surface area contributed by atoms with Gasteiger partial charge in [-0.3, -0.25) is 0 Å². The molecule has 0 saturated heterocycles. The molecule has 0 aliphatic rings. The third-order valence-corrected chi connectivity index (χ3v) is 5.11. The van der Waals surface area contributed by atoms with Crippen molar-refractivity contribution in [1.82, 2.24) is 14.9 Å². The summed E-state index contributed by atoms with van der Waals surface area (Å²) in [6, 6.07) is 15.6. The van der Waals surface area contributed by atoms with E-state index in [0.717, 1.165) is 45.9 Å². The summed E-state index contributed by atoms with van der Waals surface area (Å²) in [4.78, 5) is 0. The third-order valence-electron chi connectivity index (χ3n) is 3.87. The van der Waals surface area contributed by atoms with Gasteiger partial charge in [-0.1, -0.05) is 42.4 Å². The molecular weight excluding hydrogens is 380 g/mol. The molecule has 0 spiro atoms. The van der Waals surface area contributed by atoms with Crippen LogP contribution in [-0.2, 0) is 12.2 Å². The second-order valence-electron chi connectivity index (χ2n) is 5.89. The van der Waals surface area contributed by atoms with Crippen LogP contribution in [-0.4, -0.2) is 28.2 Å². The van der Waals surface area contributed by atoms with Gasteiger partial charge in [-0.05, 0) is 53.9 Å². The molecule has 1 aromatic heterocycles. The normalized spacial score (nSPS) is 11.2. The first-order valence-corrected chi connectivity index (χ1v) is 10.1. The van der Waals surface area contributed by atoms with Gasteiger partial charge in [0.2, 0.25) is 5.16 Å². The Bertz CT molecular complexity index is 891. The van der Waals surface area contributed by atoms with Crippen LogP contribution in [0.3, 0.4) is 0 Å². The van der Waals surface area contributed by atoms with Gasteiger partial charge in [0.25, 0.3) is 0 Å². The van der Waals surface area contributed by atoms with Crippen LogP contribution >= 0.6 is 23.4 Å². The maximum Gasteiger partial charge on any atom is 0.212 e. The Morgan fingerprint density at radius 2 is 1.85 bits per heavy atom. The SMILES string of the molecule is CCCc1nnc(SCc2ccc(Cl)cc2)n1/N=C\c1ccc(OC)cc1. The Morgan fingerprint density at radius 1 is 1.11 bits per heavy atom. The highest BCUT2D eigenvalue weighted by molar-refractivity contribution is 7.98. The van der Waals surface area contributed by atoms with Gasteiger partial charge in [-0.15, -0.1) is 10.2 Å². The van der Waals surface area contributed by atoms with Crippen LogP contribution in [0.25, 0.3) is 0 Å². The Morgan fingerprint density at radius 3 is 2.52 bits per heavy atom. The second-order valence-corrected chi connectivity index (χ2v) is 7.27. The minimum absolute atomic E-state index is 0.737. The molecule has 140 valence electrons. The smallest absolute Gasteiger partial charge is 0.212 e. The van der Waals surface area contributed by atoms with Gasteiger partial charge in [0.15, 0.2) is 5.82 Å². The molecule has 0 fully saturated rings. The van der Waals surface area contributed by atoms with Crippen LogP contribution < -0.4 is 4.74 Å². The van der Waals surface area contributed by atoms with E-state index in [0.29, 0.717) is 0 Å². The number of hydrogen-bond donors (Lipinski definition) is 0.